The van der Waals surface area contributed by atoms with Crippen molar-refractivity contribution >= 4 is 22.7 Å². The SMILES string of the molecule is CCCC(=O)N(CCOC)CC(=O)N(CCc1c[nH]c2ccccc12)Cc1ccc(C)cc1. The number of amides is 2. The number of hydrogen-bond acceptors (Lipinski definition) is 3. The molecule has 2 amide bonds. The summed E-state index contributed by atoms with van der Waals surface area (Å²) in [5.74, 6) is -0.0502. The van der Waals surface area contributed by atoms with Crippen LogP contribution in [0, 0.1) is 6.92 Å². The molecule has 2 aromatic carbocycles. The summed E-state index contributed by atoms with van der Waals surface area (Å²) in [5, 5.41) is 1.18. The molecule has 1 aromatic heterocycles. The smallest absolute Gasteiger partial charge is 0.242 e. The molecule has 1 heterocycles. The third-order valence-corrected chi connectivity index (χ3v) is 5.88. The van der Waals surface area contributed by atoms with Crippen LogP contribution >= 0.6 is 0 Å². The Morgan fingerprint density at radius 3 is 2.45 bits per heavy atom. The molecule has 0 aliphatic rings. The lowest BCUT2D eigenvalue weighted by Crippen LogP contribution is -2.44. The summed E-state index contributed by atoms with van der Waals surface area (Å²) in [6, 6.07) is 16.4. The van der Waals surface area contributed by atoms with Gasteiger partial charge in [-0.1, -0.05) is 55.0 Å². The monoisotopic (exact) mass is 449 g/mol. The van der Waals surface area contributed by atoms with E-state index in [-0.39, 0.29) is 18.4 Å². The number of aromatic nitrogens is 1. The van der Waals surface area contributed by atoms with Crippen LogP contribution in [0.2, 0.25) is 0 Å². The number of ether oxygens (including phenoxy) is 1. The summed E-state index contributed by atoms with van der Waals surface area (Å²) in [4.78, 5) is 32.8. The number of hydrogen-bond donors (Lipinski definition) is 1. The maximum atomic E-state index is 13.4. The average molecular weight is 450 g/mol. The number of nitrogens with zero attached hydrogens (tertiary/aromatic N) is 2. The molecule has 3 aromatic rings. The summed E-state index contributed by atoms with van der Waals surface area (Å²) in [6.07, 6.45) is 3.95. The molecule has 176 valence electrons. The number of rotatable bonds is 12. The van der Waals surface area contributed by atoms with Gasteiger partial charge in [-0.05, 0) is 37.0 Å². The minimum Gasteiger partial charge on any atom is -0.383 e. The Morgan fingerprint density at radius 2 is 1.73 bits per heavy atom. The van der Waals surface area contributed by atoms with Gasteiger partial charge in [0.25, 0.3) is 0 Å². The lowest BCUT2D eigenvalue weighted by molar-refractivity contribution is -0.141. The maximum absolute atomic E-state index is 13.4. The number of H-pyrrole nitrogens is 1. The molecule has 33 heavy (non-hydrogen) atoms. The molecule has 6 heteroatoms. The lowest BCUT2D eigenvalue weighted by Gasteiger charge is -2.28. The molecule has 0 fully saturated rings. The number of aryl methyl sites for hydroxylation is 1. The van der Waals surface area contributed by atoms with Gasteiger partial charge in [-0.2, -0.15) is 0 Å². The number of para-hydroxylation sites is 1. The Hall–Kier alpha value is -3.12. The van der Waals surface area contributed by atoms with Crippen molar-refractivity contribution in [2.75, 3.05) is 33.4 Å². The zero-order valence-electron chi connectivity index (χ0n) is 20.0. The first-order valence-electron chi connectivity index (χ1n) is 11.7. The lowest BCUT2D eigenvalue weighted by atomic mass is 10.1. The number of aromatic amines is 1. The molecule has 0 saturated heterocycles. The molecule has 1 N–H and O–H groups in total. The molecule has 0 atom stereocenters. The summed E-state index contributed by atoms with van der Waals surface area (Å²) < 4.78 is 5.16. The number of fused-ring (bicyclic) bond motifs is 1. The van der Waals surface area contributed by atoms with Crippen molar-refractivity contribution in [1.82, 2.24) is 14.8 Å². The summed E-state index contributed by atoms with van der Waals surface area (Å²) in [5.41, 5.74) is 4.55. The van der Waals surface area contributed by atoms with E-state index in [4.69, 9.17) is 4.74 Å². The highest BCUT2D eigenvalue weighted by Gasteiger charge is 2.21. The topological polar surface area (TPSA) is 65.6 Å². The minimum atomic E-state index is -0.0454. The second-order valence-corrected chi connectivity index (χ2v) is 8.47. The fraction of sp³-hybridized carbons (Fsp3) is 0.407. The van der Waals surface area contributed by atoms with Crippen LogP contribution < -0.4 is 0 Å². The molecule has 0 spiro atoms. The van der Waals surface area contributed by atoms with Gasteiger partial charge in [0.2, 0.25) is 11.8 Å². The Morgan fingerprint density at radius 1 is 0.970 bits per heavy atom. The Balaban J connectivity index is 1.76. The predicted octanol–water partition coefficient (Wildman–Crippen LogP) is 4.32. The van der Waals surface area contributed by atoms with E-state index in [1.54, 1.807) is 12.0 Å². The summed E-state index contributed by atoms with van der Waals surface area (Å²) in [6.45, 7) is 6.02. The second kappa shape index (κ2) is 12.2. The van der Waals surface area contributed by atoms with E-state index in [9.17, 15) is 9.59 Å². The molecule has 0 aliphatic heterocycles. The highest BCUT2D eigenvalue weighted by atomic mass is 16.5. The van der Waals surface area contributed by atoms with Gasteiger partial charge in [0.1, 0.15) is 0 Å². The first-order valence-corrected chi connectivity index (χ1v) is 11.7. The van der Waals surface area contributed by atoms with Gasteiger partial charge >= 0.3 is 0 Å². The fourth-order valence-corrected chi connectivity index (χ4v) is 3.93. The molecule has 0 unspecified atom stereocenters. The first kappa shape index (κ1) is 24.5. The van der Waals surface area contributed by atoms with Gasteiger partial charge in [-0.15, -0.1) is 0 Å². The average Bonchev–Trinajstić information content (AvgIpc) is 3.23. The number of carbonyl (C=O) groups is 2. The van der Waals surface area contributed by atoms with Gasteiger partial charge in [0.05, 0.1) is 13.2 Å². The van der Waals surface area contributed by atoms with Crippen LogP contribution in [0.1, 0.15) is 36.5 Å². The zero-order chi connectivity index (χ0) is 23.6. The largest absolute Gasteiger partial charge is 0.383 e. The van der Waals surface area contributed by atoms with Crippen molar-refractivity contribution in [2.24, 2.45) is 0 Å². The highest BCUT2D eigenvalue weighted by molar-refractivity contribution is 5.85. The number of methoxy groups -OCH3 is 1. The Kier molecular flexibility index (Phi) is 9.07. The zero-order valence-corrected chi connectivity index (χ0v) is 20.0. The minimum absolute atomic E-state index is 0.00480. The molecule has 0 saturated carbocycles. The van der Waals surface area contributed by atoms with Crippen molar-refractivity contribution in [3.05, 3.63) is 71.4 Å². The predicted molar refractivity (Wildman–Crippen MR) is 132 cm³/mol. The van der Waals surface area contributed by atoms with E-state index < -0.39 is 0 Å². The standard InChI is InChI=1S/C27H35N3O3/c1-4-7-26(31)30(16-17-33-3)20-27(32)29(19-22-12-10-21(2)11-13-22)15-14-23-18-28-25-9-6-5-8-24(23)25/h5-6,8-13,18,28H,4,7,14-17,19-20H2,1-3H3. The molecular weight excluding hydrogens is 414 g/mol. The van der Waals surface area contributed by atoms with Crippen molar-refractivity contribution in [3.63, 3.8) is 0 Å². The second-order valence-electron chi connectivity index (χ2n) is 8.47. The normalized spacial score (nSPS) is 11.0. The molecule has 6 nitrogen and oxygen atoms in total. The van der Waals surface area contributed by atoms with Gasteiger partial charge < -0.3 is 19.5 Å². The van der Waals surface area contributed by atoms with E-state index in [2.05, 4.69) is 48.3 Å². The summed E-state index contributed by atoms with van der Waals surface area (Å²) in [7, 11) is 1.61. The highest BCUT2D eigenvalue weighted by Crippen LogP contribution is 2.19. The Labute approximate surface area is 196 Å². The number of carbonyl (C=O) groups excluding carboxylic acids is 2. The molecule has 0 bridgehead atoms. The van der Waals surface area contributed by atoms with Crippen LogP contribution in [-0.4, -0.2) is 59.9 Å². The van der Waals surface area contributed by atoms with Crippen LogP contribution in [0.3, 0.4) is 0 Å². The van der Waals surface area contributed by atoms with Crippen molar-refractivity contribution in [2.45, 2.75) is 39.7 Å². The fourth-order valence-electron chi connectivity index (χ4n) is 3.93. The third kappa shape index (κ3) is 6.93. The van der Waals surface area contributed by atoms with Gasteiger partial charge in [0.15, 0.2) is 0 Å². The van der Waals surface area contributed by atoms with E-state index in [1.807, 2.05) is 30.2 Å². The van der Waals surface area contributed by atoms with Crippen molar-refractivity contribution in [3.8, 4) is 0 Å². The number of nitrogens with one attached hydrogen (secondary N) is 1. The van der Waals surface area contributed by atoms with Crippen molar-refractivity contribution in [1.29, 1.82) is 0 Å². The van der Waals surface area contributed by atoms with Crippen LogP contribution in [-0.2, 0) is 27.3 Å². The first-order chi connectivity index (χ1) is 16.0. The van der Waals surface area contributed by atoms with Crippen LogP contribution in [0.5, 0.6) is 0 Å². The molecule has 0 aliphatic carbocycles. The van der Waals surface area contributed by atoms with Crippen LogP contribution in [0.4, 0.5) is 0 Å². The van der Waals surface area contributed by atoms with E-state index in [0.29, 0.717) is 32.7 Å². The van der Waals surface area contributed by atoms with E-state index >= 15 is 0 Å². The molecule has 0 radical (unpaired) electrons. The van der Waals surface area contributed by atoms with E-state index in [0.717, 1.165) is 23.9 Å². The van der Waals surface area contributed by atoms with Crippen molar-refractivity contribution < 1.29 is 14.3 Å². The van der Waals surface area contributed by atoms with Crippen LogP contribution in [0.25, 0.3) is 10.9 Å². The quantitative estimate of drug-likeness (QED) is 0.448. The van der Waals surface area contributed by atoms with Gasteiger partial charge in [0, 0.05) is 50.3 Å². The number of benzene rings is 2. The van der Waals surface area contributed by atoms with Gasteiger partial charge in [-0.25, -0.2) is 0 Å². The third-order valence-electron chi connectivity index (χ3n) is 5.88. The Bertz CT molecular complexity index is 1040. The molecule has 3 rings (SSSR count). The summed E-state index contributed by atoms with van der Waals surface area (Å²) >= 11 is 0. The molecular formula is C27H35N3O3. The maximum Gasteiger partial charge on any atom is 0.242 e. The van der Waals surface area contributed by atoms with Gasteiger partial charge in [-0.3, -0.25) is 9.59 Å². The van der Waals surface area contributed by atoms with Crippen LogP contribution in [0.15, 0.2) is 54.7 Å². The van der Waals surface area contributed by atoms with E-state index in [1.165, 1.54) is 16.5 Å².